The van der Waals surface area contributed by atoms with Gasteiger partial charge in [-0.25, -0.2) is 4.98 Å². The molecule has 1 aromatic rings. The second kappa shape index (κ2) is 4.83. The molecule has 0 spiro atoms. The molecule has 0 aliphatic rings. The Morgan fingerprint density at radius 2 is 2.00 bits per heavy atom. The van der Waals surface area contributed by atoms with Gasteiger partial charge in [-0.15, -0.1) is 0 Å². The zero-order valence-electron chi connectivity index (χ0n) is 10.3. The summed E-state index contributed by atoms with van der Waals surface area (Å²) in [6.07, 6.45) is 1.81. The summed E-state index contributed by atoms with van der Waals surface area (Å²) in [6, 6.07) is 0. The molecule has 0 unspecified atom stereocenters. The van der Waals surface area contributed by atoms with Crippen LogP contribution in [0, 0.1) is 6.92 Å². The van der Waals surface area contributed by atoms with E-state index in [0.717, 1.165) is 32.7 Å². The van der Waals surface area contributed by atoms with Crippen molar-refractivity contribution in [3.63, 3.8) is 0 Å². The molecule has 2 nitrogen and oxygen atoms in total. The first-order valence-corrected chi connectivity index (χ1v) is 5.85. The van der Waals surface area contributed by atoms with Crippen molar-refractivity contribution < 1.29 is 0 Å². The maximum Gasteiger partial charge on any atom is 0.132 e. The molecule has 1 heterocycles. The Balaban J connectivity index is 3.65. The number of pyridine rings is 1. The van der Waals surface area contributed by atoms with Crippen LogP contribution in [0.15, 0.2) is 17.8 Å². The van der Waals surface area contributed by atoms with E-state index in [2.05, 4.69) is 41.0 Å². The third-order valence-electron chi connectivity index (χ3n) is 2.46. The van der Waals surface area contributed by atoms with Crippen LogP contribution in [0.25, 0.3) is 11.6 Å². The fraction of sp³-hybridized carbons (Fsp3) is 0.308. The Kier molecular flexibility index (Phi) is 3.92. The van der Waals surface area contributed by atoms with Crippen molar-refractivity contribution in [1.82, 2.24) is 4.98 Å². The van der Waals surface area contributed by atoms with Gasteiger partial charge in [0.25, 0.3) is 0 Å². The smallest absolute Gasteiger partial charge is 0.132 e. The van der Waals surface area contributed by atoms with Gasteiger partial charge >= 0.3 is 0 Å². The van der Waals surface area contributed by atoms with Gasteiger partial charge in [0.05, 0.1) is 0 Å². The van der Waals surface area contributed by atoms with Crippen LogP contribution in [0.2, 0.25) is 0 Å². The highest BCUT2D eigenvalue weighted by Gasteiger charge is 2.15. The highest BCUT2D eigenvalue weighted by atomic mass is 79.9. The summed E-state index contributed by atoms with van der Waals surface area (Å²) in [6.45, 7) is 11.9. The average molecular weight is 281 g/mol. The fourth-order valence-corrected chi connectivity index (χ4v) is 2.35. The van der Waals surface area contributed by atoms with Crippen LogP contribution in [0.4, 0.5) is 5.82 Å². The predicted octanol–water partition coefficient (Wildman–Crippen LogP) is 3.89. The number of nitrogens with zero attached hydrogens (tertiary/aromatic N) is 2. The first kappa shape index (κ1) is 13.0. The van der Waals surface area contributed by atoms with Gasteiger partial charge in [-0.05, 0) is 46.5 Å². The lowest BCUT2D eigenvalue weighted by Gasteiger charge is -2.20. The van der Waals surface area contributed by atoms with Gasteiger partial charge in [0.15, 0.2) is 0 Å². The Bertz CT molecular complexity index is 448. The van der Waals surface area contributed by atoms with E-state index in [9.17, 15) is 0 Å². The van der Waals surface area contributed by atoms with Gasteiger partial charge in [-0.2, -0.15) is 0 Å². The van der Waals surface area contributed by atoms with Gasteiger partial charge < -0.3 is 4.90 Å². The maximum absolute atomic E-state index is 4.52. The molecule has 86 valence electrons. The van der Waals surface area contributed by atoms with Crippen LogP contribution in [0.1, 0.15) is 23.6 Å². The monoisotopic (exact) mass is 280 g/mol. The van der Waals surface area contributed by atoms with E-state index in [0.29, 0.717) is 0 Å². The van der Waals surface area contributed by atoms with Crippen LogP contribution in [0.5, 0.6) is 0 Å². The van der Waals surface area contributed by atoms with E-state index in [1.54, 1.807) is 0 Å². The lowest BCUT2D eigenvalue weighted by molar-refractivity contribution is 1.03. The summed E-state index contributed by atoms with van der Waals surface area (Å²) in [5, 5.41) is 0. The lowest BCUT2D eigenvalue weighted by atomic mass is 9.98. The highest BCUT2D eigenvalue weighted by molar-refractivity contribution is 9.10. The van der Waals surface area contributed by atoms with Crippen LogP contribution in [-0.2, 0) is 0 Å². The summed E-state index contributed by atoms with van der Waals surface area (Å²) >= 11 is 3.48. The molecule has 0 radical (unpaired) electrons. The third kappa shape index (κ3) is 2.19. The standard InChI is InChI=1S/C13H17BrN2/c1-7-10-11(8(2)3)9(4)13(16(5)6)15-12(10)14/h7H,1-2H2,3-6H3. The molecule has 16 heavy (non-hydrogen) atoms. The van der Waals surface area contributed by atoms with Gasteiger partial charge in [-0.1, -0.05) is 19.2 Å². The molecule has 1 rings (SSSR count). The minimum absolute atomic E-state index is 0.815. The van der Waals surface area contributed by atoms with Crippen molar-refractivity contribution in [2.45, 2.75) is 13.8 Å². The van der Waals surface area contributed by atoms with Gasteiger partial charge in [0.2, 0.25) is 0 Å². The summed E-state index contributed by atoms with van der Waals surface area (Å²) in [5.74, 6) is 0.954. The van der Waals surface area contributed by atoms with Gasteiger partial charge in [0.1, 0.15) is 10.4 Å². The van der Waals surface area contributed by atoms with Gasteiger partial charge in [-0.3, -0.25) is 0 Å². The minimum Gasteiger partial charge on any atom is -0.362 e. The second-order valence-corrected chi connectivity index (χ2v) is 4.77. The molecule has 0 N–H and O–H groups in total. The minimum atomic E-state index is 0.815. The zero-order chi connectivity index (χ0) is 12.5. The molecule has 0 saturated heterocycles. The van der Waals surface area contributed by atoms with E-state index in [-0.39, 0.29) is 0 Å². The highest BCUT2D eigenvalue weighted by Crippen LogP contribution is 2.32. The lowest BCUT2D eigenvalue weighted by Crippen LogP contribution is -2.14. The van der Waals surface area contributed by atoms with Crippen LogP contribution in [0.3, 0.4) is 0 Å². The molecule has 1 aromatic heterocycles. The van der Waals surface area contributed by atoms with E-state index in [4.69, 9.17) is 0 Å². The Labute approximate surface area is 106 Å². The fourth-order valence-electron chi connectivity index (χ4n) is 1.83. The van der Waals surface area contributed by atoms with E-state index < -0.39 is 0 Å². The van der Waals surface area contributed by atoms with Crippen molar-refractivity contribution in [1.29, 1.82) is 0 Å². The van der Waals surface area contributed by atoms with Crippen molar-refractivity contribution in [2.24, 2.45) is 0 Å². The first-order valence-electron chi connectivity index (χ1n) is 5.05. The molecule has 0 fully saturated rings. The van der Waals surface area contributed by atoms with Gasteiger partial charge in [0, 0.05) is 19.7 Å². The number of aromatic nitrogens is 1. The third-order valence-corrected chi connectivity index (χ3v) is 3.07. The largest absolute Gasteiger partial charge is 0.362 e. The maximum atomic E-state index is 4.52. The summed E-state index contributed by atoms with van der Waals surface area (Å²) in [5.41, 5.74) is 4.30. The molecule has 0 saturated carbocycles. The van der Waals surface area contributed by atoms with Crippen LogP contribution >= 0.6 is 15.9 Å². The topological polar surface area (TPSA) is 16.1 Å². The number of halogens is 1. The molecule has 0 aliphatic carbocycles. The Morgan fingerprint density at radius 1 is 1.44 bits per heavy atom. The molecule has 0 bridgehead atoms. The molecule has 0 amide bonds. The molecule has 0 aromatic carbocycles. The molecular weight excluding hydrogens is 264 g/mol. The Morgan fingerprint density at radius 3 is 2.38 bits per heavy atom. The van der Waals surface area contributed by atoms with Crippen LogP contribution in [-0.4, -0.2) is 19.1 Å². The summed E-state index contributed by atoms with van der Waals surface area (Å²) in [7, 11) is 3.97. The van der Waals surface area contributed by atoms with Crippen LogP contribution < -0.4 is 4.90 Å². The Hall–Kier alpha value is -1.09. The summed E-state index contributed by atoms with van der Waals surface area (Å²) < 4.78 is 0.815. The van der Waals surface area contributed by atoms with E-state index >= 15 is 0 Å². The number of hydrogen-bond donors (Lipinski definition) is 0. The number of hydrogen-bond acceptors (Lipinski definition) is 2. The number of anilines is 1. The second-order valence-electron chi connectivity index (χ2n) is 4.02. The molecule has 0 aliphatic heterocycles. The van der Waals surface area contributed by atoms with E-state index in [1.165, 1.54) is 0 Å². The summed E-state index contributed by atoms with van der Waals surface area (Å²) in [4.78, 5) is 6.52. The van der Waals surface area contributed by atoms with Crippen molar-refractivity contribution in [3.8, 4) is 0 Å². The van der Waals surface area contributed by atoms with Crippen molar-refractivity contribution in [2.75, 3.05) is 19.0 Å². The van der Waals surface area contributed by atoms with Crippen molar-refractivity contribution in [3.05, 3.63) is 34.5 Å². The SMILES string of the molecule is C=Cc1c(Br)nc(N(C)C)c(C)c1C(=C)C. The molecule has 3 heteroatoms. The zero-order valence-corrected chi connectivity index (χ0v) is 11.8. The average Bonchev–Trinajstić information content (AvgIpc) is 2.19. The quantitative estimate of drug-likeness (QED) is 0.781. The number of rotatable bonds is 3. The van der Waals surface area contributed by atoms with Crippen molar-refractivity contribution >= 4 is 33.4 Å². The molecular formula is C13H17BrN2. The number of allylic oxidation sites excluding steroid dienone is 1. The normalized spacial score (nSPS) is 10.1. The van der Waals surface area contributed by atoms with E-state index in [1.807, 2.05) is 32.0 Å². The molecule has 0 atom stereocenters. The predicted molar refractivity (Wildman–Crippen MR) is 75.8 cm³/mol. The first-order chi connectivity index (χ1) is 7.40.